The van der Waals surface area contributed by atoms with Crippen molar-refractivity contribution >= 4 is 11.6 Å². The van der Waals surface area contributed by atoms with E-state index in [1.54, 1.807) is 7.11 Å². The fraction of sp³-hybridized carbons (Fsp3) is 0.667. The van der Waals surface area contributed by atoms with E-state index in [-0.39, 0.29) is 0 Å². The van der Waals surface area contributed by atoms with Crippen LogP contribution in [0.2, 0.25) is 5.02 Å². The number of aryl methyl sites for hydroxylation is 1. The summed E-state index contributed by atoms with van der Waals surface area (Å²) in [6.45, 7) is 6.55. The second kappa shape index (κ2) is 6.92. The van der Waals surface area contributed by atoms with Gasteiger partial charge in [-0.3, -0.25) is 5.10 Å². The van der Waals surface area contributed by atoms with Crippen LogP contribution in [0.15, 0.2) is 0 Å². The Morgan fingerprint density at radius 1 is 1.46 bits per heavy atom. The maximum absolute atomic E-state index is 5.90. The fourth-order valence-corrected chi connectivity index (χ4v) is 1.01. The molecule has 0 fully saturated rings. The zero-order chi connectivity index (χ0) is 10.3. The van der Waals surface area contributed by atoms with Gasteiger partial charge in [-0.25, -0.2) is 0 Å². The number of ether oxygens (including phenoxy) is 1. The number of hydrogen-bond acceptors (Lipinski definition) is 2. The van der Waals surface area contributed by atoms with Gasteiger partial charge in [0.1, 0.15) is 0 Å². The van der Waals surface area contributed by atoms with Gasteiger partial charge in [0.2, 0.25) is 0 Å². The summed E-state index contributed by atoms with van der Waals surface area (Å²) in [4.78, 5) is 0. The molecule has 0 aliphatic heterocycles. The van der Waals surface area contributed by atoms with Gasteiger partial charge in [0.05, 0.1) is 23.0 Å². The molecule has 1 aromatic heterocycles. The van der Waals surface area contributed by atoms with Crippen molar-refractivity contribution in [3.05, 3.63) is 16.4 Å². The predicted octanol–water partition coefficient (Wildman–Crippen LogP) is 2.59. The molecule has 0 unspecified atom stereocenters. The molecule has 0 aromatic carbocycles. The lowest BCUT2D eigenvalue weighted by Gasteiger charge is -1.94. The lowest BCUT2D eigenvalue weighted by molar-refractivity contribution is 0.201. The van der Waals surface area contributed by atoms with Crippen LogP contribution in [0.4, 0.5) is 0 Å². The molecule has 0 aliphatic carbocycles. The summed E-state index contributed by atoms with van der Waals surface area (Å²) in [5.41, 5.74) is 1.80. The Bertz CT molecular complexity index is 236. The number of hydrogen-bond donors (Lipinski definition) is 1. The van der Waals surface area contributed by atoms with Crippen LogP contribution in [0.25, 0.3) is 0 Å². The summed E-state index contributed by atoms with van der Waals surface area (Å²) in [5.74, 6) is 0. The molecule has 1 aromatic rings. The molecular weight excluding hydrogens is 188 g/mol. The van der Waals surface area contributed by atoms with E-state index in [0.29, 0.717) is 6.61 Å². The highest BCUT2D eigenvalue weighted by atomic mass is 35.5. The van der Waals surface area contributed by atoms with Crippen molar-refractivity contribution in [1.82, 2.24) is 10.2 Å². The van der Waals surface area contributed by atoms with E-state index >= 15 is 0 Å². The minimum absolute atomic E-state index is 0.657. The molecule has 0 amide bonds. The van der Waals surface area contributed by atoms with Crippen LogP contribution in [0.3, 0.4) is 0 Å². The second-order valence-corrected chi connectivity index (χ2v) is 2.73. The molecule has 0 bridgehead atoms. The topological polar surface area (TPSA) is 37.9 Å². The molecule has 76 valence electrons. The Morgan fingerprint density at radius 2 is 2.08 bits per heavy atom. The number of methoxy groups -OCH3 is 1. The lowest BCUT2D eigenvalue weighted by Crippen LogP contribution is -1.94. The molecular formula is C9H17ClN2O. The molecule has 3 nitrogen and oxygen atoms in total. The number of nitrogens with one attached hydrogen (secondary N) is 1. The number of rotatable bonds is 3. The molecule has 0 saturated carbocycles. The number of halogens is 1. The molecule has 0 radical (unpaired) electrons. The van der Waals surface area contributed by atoms with Crippen LogP contribution in [0.5, 0.6) is 0 Å². The van der Waals surface area contributed by atoms with Gasteiger partial charge in [-0.1, -0.05) is 25.4 Å². The molecule has 1 N–H and O–H groups in total. The average molecular weight is 205 g/mol. The summed E-state index contributed by atoms with van der Waals surface area (Å²) in [7, 11) is 1.66. The van der Waals surface area contributed by atoms with Crippen molar-refractivity contribution < 1.29 is 4.74 Å². The van der Waals surface area contributed by atoms with Crippen LogP contribution in [0.1, 0.15) is 25.2 Å². The van der Waals surface area contributed by atoms with Crippen LogP contribution >= 0.6 is 11.6 Å². The van der Waals surface area contributed by atoms with Gasteiger partial charge >= 0.3 is 0 Å². The van der Waals surface area contributed by atoms with Crippen molar-refractivity contribution in [2.24, 2.45) is 0 Å². The van der Waals surface area contributed by atoms with Crippen LogP contribution in [0, 0.1) is 6.92 Å². The van der Waals surface area contributed by atoms with E-state index in [0.717, 1.165) is 22.8 Å². The van der Waals surface area contributed by atoms with E-state index in [2.05, 4.69) is 10.2 Å². The largest absolute Gasteiger partial charge is 0.384 e. The van der Waals surface area contributed by atoms with Gasteiger partial charge < -0.3 is 4.74 Å². The summed E-state index contributed by atoms with van der Waals surface area (Å²) < 4.78 is 4.90. The Balaban J connectivity index is 0.000000671. The minimum atomic E-state index is 0.657. The van der Waals surface area contributed by atoms with Gasteiger partial charge in [-0.15, -0.1) is 0 Å². The number of nitrogens with zero attached hydrogens (tertiary/aromatic N) is 1. The van der Waals surface area contributed by atoms with E-state index in [4.69, 9.17) is 16.3 Å². The Labute approximate surface area is 84.4 Å². The van der Waals surface area contributed by atoms with Gasteiger partial charge in [-0.2, -0.15) is 5.10 Å². The average Bonchev–Trinajstić information content (AvgIpc) is 2.48. The molecule has 13 heavy (non-hydrogen) atoms. The first-order valence-electron chi connectivity index (χ1n) is 4.44. The van der Waals surface area contributed by atoms with E-state index in [9.17, 15) is 0 Å². The highest BCUT2D eigenvalue weighted by Crippen LogP contribution is 2.17. The number of H-pyrrole nitrogens is 1. The van der Waals surface area contributed by atoms with E-state index < -0.39 is 0 Å². The van der Waals surface area contributed by atoms with E-state index in [1.165, 1.54) is 0 Å². The second-order valence-electron chi connectivity index (χ2n) is 2.35. The SMILES string of the molecule is CC.COCCc1n[nH]c(C)c1Cl. The third-order valence-electron chi connectivity index (χ3n) is 1.48. The maximum Gasteiger partial charge on any atom is 0.0845 e. The Morgan fingerprint density at radius 3 is 2.46 bits per heavy atom. The van der Waals surface area contributed by atoms with Crippen LogP contribution in [-0.2, 0) is 11.2 Å². The van der Waals surface area contributed by atoms with Gasteiger partial charge in [0, 0.05) is 13.5 Å². The summed E-state index contributed by atoms with van der Waals surface area (Å²) in [6, 6.07) is 0. The summed E-state index contributed by atoms with van der Waals surface area (Å²) in [6.07, 6.45) is 0.764. The molecule has 4 heteroatoms. The molecule has 1 heterocycles. The number of aromatic amines is 1. The maximum atomic E-state index is 5.90. The van der Waals surface area contributed by atoms with Gasteiger partial charge in [0.25, 0.3) is 0 Å². The van der Waals surface area contributed by atoms with Crippen molar-refractivity contribution in [2.75, 3.05) is 13.7 Å². The minimum Gasteiger partial charge on any atom is -0.384 e. The van der Waals surface area contributed by atoms with Crippen LogP contribution in [-0.4, -0.2) is 23.9 Å². The first-order valence-corrected chi connectivity index (χ1v) is 4.81. The molecule has 0 spiro atoms. The summed E-state index contributed by atoms with van der Waals surface area (Å²) >= 11 is 5.90. The van der Waals surface area contributed by atoms with Crippen molar-refractivity contribution in [2.45, 2.75) is 27.2 Å². The lowest BCUT2D eigenvalue weighted by atomic mass is 10.3. The van der Waals surface area contributed by atoms with Crippen molar-refractivity contribution in [3.8, 4) is 0 Å². The molecule has 0 aliphatic rings. The molecule has 0 saturated heterocycles. The zero-order valence-corrected chi connectivity index (χ0v) is 9.40. The van der Waals surface area contributed by atoms with Gasteiger partial charge in [0.15, 0.2) is 0 Å². The Kier molecular flexibility index (Phi) is 6.63. The smallest absolute Gasteiger partial charge is 0.0845 e. The van der Waals surface area contributed by atoms with Crippen molar-refractivity contribution in [1.29, 1.82) is 0 Å². The molecule has 0 atom stereocenters. The van der Waals surface area contributed by atoms with Crippen LogP contribution < -0.4 is 0 Å². The highest BCUT2D eigenvalue weighted by molar-refractivity contribution is 6.31. The Hall–Kier alpha value is -0.540. The number of aromatic nitrogens is 2. The third-order valence-corrected chi connectivity index (χ3v) is 1.99. The third kappa shape index (κ3) is 3.79. The summed E-state index contributed by atoms with van der Waals surface area (Å²) in [5, 5.41) is 7.55. The first kappa shape index (κ1) is 12.5. The monoisotopic (exact) mass is 204 g/mol. The normalized spacial score (nSPS) is 9.31. The quantitative estimate of drug-likeness (QED) is 0.822. The fourth-order valence-electron chi connectivity index (χ4n) is 0.830. The molecule has 1 rings (SSSR count). The standard InChI is InChI=1S/C7H11ClN2O.C2H6/c1-5-7(8)6(10-9-5)3-4-11-2;1-2/h3-4H2,1-2H3,(H,9,10);1-2H3. The zero-order valence-electron chi connectivity index (χ0n) is 8.65. The van der Waals surface area contributed by atoms with E-state index in [1.807, 2.05) is 20.8 Å². The highest BCUT2D eigenvalue weighted by Gasteiger charge is 2.05. The van der Waals surface area contributed by atoms with Crippen molar-refractivity contribution in [3.63, 3.8) is 0 Å². The first-order chi connectivity index (χ1) is 6.25. The predicted molar refractivity (Wildman–Crippen MR) is 55.3 cm³/mol. The van der Waals surface area contributed by atoms with Gasteiger partial charge in [-0.05, 0) is 6.92 Å².